The second-order valence-corrected chi connectivity index (χ2v) is 5.06. The molecule has 0 aliphatic heterocycles. The Morgan fingerprint density at radius 1 is 1.50 bits per heavy atom. The number of benzene rings is 1. The van der Waals surface area contributed by atoms with Crippen LogP contribution in [0.4, 0.5) is 10.1 Å². The van der Waals surface area contributed by atoms with Gasteiger partial charge in [-0.25, -0.2) is 12.8 Å². The van der Waals surface area contributed by atoms with Crippen molar-refractivity contribution in [2.24, 2.45) is 5.73 Å². The number of nitro groups is 1. The first-order chi connectivity index (χ1) is 8.24. The number of hydrogen-bond acceptors (Lipinski definition) is 5. The van der Waals surface area contributed by atoms with Crippen LogP contribution in [0.1, 0.15) is 0 Å². The van der Waals surface area contributed by atoms with E-state index in [0.717, 1.165) is 12.1 Å². The number of thiocarbonyl (C=S) groups is 1. The second-order valence-electron chi connectivity index (χ2n) is 2.97. The standard InChI is InChI=1S/C7H7FN4O4S2/c8-5-3-4(12(13)14)1-2-6(5)18(15,16)11-10-7(9)17/h1-3,11H,(H3,9,10,17). The molecule has 0 fully saturated rings. The van der Waals surface area contributed by atoms with Crippen LogP contribution in [0.2, 0.25) is 0 Å². The van der Waals surface area contributed by atoms with E-state index >= 15 is 0 Å². The third-order valence-electron chi connectivity index (χ3n) is 1.72. The van der Waals surface area contributed by atoms with Gasteiger partial charge in [-0.05, 0) is 18.3 Å². The molecule has 0 heterocycles. The first-order valence-electron chi connectivity index (χ1n) is 4.25. The predicted octanol–water partition coefficient (Wildman–Crippen LogP) is -0.240. The Kier molecular flexibility index (Phi) is 4.11. The van der Waals surface area contributed by atoms with Crippen molar-refractivity contribution in [2.75, 3.05) is 0 Å². The first-order valence-corrected chi connectivity index (χ1v) is 6.14. The third-order valence-corrected chi connectivity index (χ3v) is 3.11. The van der Waals surface area contributed by atoms with Crippen molar-refractivity contribution < 1.29 is 17.7 Å². The molecule has 18 heavy (non-hydrogen) atoms. The SMILES string of the molecule is NC(=S)NNS(=O)(=O)c1ccc([N+](=O)[O-])cc1F. The van der Waals surface area contributed by atoms with E-state index in [9.17, 15) is 22.9 Å². The highest BCUT2D eigenvalue weighted by atomic mass is 32.2. The van der Waals surface area contributed by atoms with E-state index in [1.54, 1.807) is 4.83 Å². The summed E-state index contributed by atoms with van der Waals surface area (Å²) in [6.07, 6.45) is 0. The van der Waals surface area contributed by atoms with E-state index in [2.05, 4.69) is 12.2 Å². The number of non-ortho nitro benzene ring substituents is 1. The zero-order chi connectivity index (χ0) is 13.9. The number of rotatable bonds is 4. The van der Waals surface area contributed by atoms with E-state index in [1.165, 1.54) is 0 Å². The summed E-state index contributed by atoms with van der Waals surface area (Å²) in [5.74, 6) is -1.26. The molecule has 0 bridgehead atoms. The molecule has 0 saturated carbocycles. The van der Waals surface area contributed by atoms with Crippen LogP contribution in [0.5, 0.6) is 0 Å². The molecule has 0 aliphatic carbocycles. The molecule has 4 N–H and O–H groups in total. The Morgan fingerprint density at radius 2 is 2.11 bits per heavy atom. The van der Waals surface area contributed by atoms with Crippen molar-refractivity contribution in [1.29, 1.82) is 0 Å². The van der Waals surface area contributed by atoms with Gasteiger partial charge in [0.1, 0.15) is 10.7 Å². The molecule has 0 spiro atoms. The highest BCUT2D eigenvalue weighted by Crippen LogP contribution is 2.19. The van der Waals surface area contributed by atoms with Crippen molar-refractivity contribution in [3.63, 3.8) is 0 Å². The minimum Gasteiger partial charge on any atom is -0.375 e. The fourth-order valence-corrected chi connectivity index (χ4v) is 2.03. The Hall–Kier alpha value is -1.85. The van der Waals surface area contributed by atoms with Crippen molar-refractivity contribution in [3.8, 4) is 0 Å². The Labute approximate surface area is 106 Å². The smallest absolute Gasteiger partial charge is 0.272 e. The number of nitro benzene ring substituents is 1. The van der Waals surface area contributed by atoms with Gasteiger partial charge in [-0.3, -0.25) is 15.5 Å². The zero-order valence-electron chi connectivity index (χ0n) is 8.58. The van der Waals surface area contributed by atoms with Crippen LogP contribution >= 0.6 is 12.2 Å². The molecule has 1 aromatic carbocycles. The molecule has 1 rings (SSSR count). The lowest BCUT2D eigenvalue weighted by Crippen LogP contribution is -2.44. The summed E-state index contributed by atoms with van der Waals surface area (Å²) >= 11 is 4.36. The number of sulfonamides is 1. The molecular formula is C7H7FN4O4S2. The molecule has 11 heteroatoms. The van der Waals surface area contributed by atoms with Crippen LogP contribution in [0.25, 0.3) is 0 Å². The van der Waals surface area contributed by atoms with Crippen LogP contribution in [-0.2, 0) is 10.0 Å². The van der Waals surface area contributed by atoms with Gasteiger partial charge in [0.25, 0.3) is 15.7 Å². The van der Waals surface area contributed by atoms with Crippen LogP contribution in [0.3, 0.4) is 0 Å². The quantitative estimate of drug-likeness (QED) is 0.397. The van der Waals surface area contributed by atoms with Crippen molar-refractivity contribution in [2.45, 2.75) is 4.90 Å². The maximum Gasteiger partial charge on any atom is 0.272 e. The van der Waals surface area contributed by atoms with Gasteiger partial charge in [0, 0.05) is 6.07 Å². The van der Waals surface area contributed by atoms with Crippen LogP contribution in [-0.4, -0.2) is 18.5 Å². The van der Waals surface area contributed by atoms with E-state index in [0.29, 0.717) is 6.07 Å². The predicted molar refractivity (Wildman–Crippen MR) is 63.3 cm³/mol. The summed E-state index contributed by atoms with van der Waals surface area (Å²) in [5.41, 5.74) is 6.35. The van der Waals surface area contributed by atoms with Gasteiger partial charge in [0.05, 0.1) is 11.0 Å². The summed E-state index contributed by atoms with van der Waals surface area (Å²) in [5, 5.41) is 10.00. The lowest BCUT2D eigenvalue weighted by molar-refractivity contribution is -0.385. The lowest BCUT2D eigenvalue weighted by atomic mass is 10.3. The summed E-state index contributed by atoms with van der Waals surface area (Å²) in [6.45, 7) is 0. The summed E-state index contributed by atoms with van der Waals surface area (Å²) in [6, 6.07) is 2.12. The molecular weight excluding hydrogens is 287 g/mol. The highest BCUT2D eigenvalue weighted by molar-refractivity contribution is 7.89. The fraction of sp³-hybridized carbons (Fsp3) is 0. The topological polar surface area (TPSA) is 127 Å². The number of halogens is 1. The number of hydrazine groups is 1. The van der Waals surface area contributed by atoms with Gasteiger partial charge in [0.15, 0.2) is 5.11 Å². The largest absolute Gasteiger partial charge is 0.375 e. The maximum atomic E-state index is 13.4. The normalized spacial score (nSPS) is 10.9. The Morgan fingerprint density at radius 3 is 2.56 bits per heavy atom. The summed E-state index contributed by atoms with van der Waals surface area (Å²) < 4.78 is 36.5. The molecule has 0 radical (unpaired) electrons. The number of nitrogens with two attached hydrogens (primary N) is 1. The van der Waals surface area contributed by atoms with Crippen LogP contribution in [0.15, 0.2) is 23.1 Å². The fourth-order valence-electron chi connectivity index (χ4n) is 0.994. The van der Waals surface area contributed by atoms with Gasteiger partial charge in [-0.2, -0.15) is 0 Å². The monoisotopic (exact) mass is 294 g/mol. The number of nitrogens with zero attached hydrogens (tertiary/aromatic N) is 1. The van der Waals surface area contributed by atoms with Crippen molar-refractivity contribution in [1.82, 2.24) is 10.3 Å². The molecule has 0 amide bonds. The molecule has 0 aliphatic rings. The molecule has 98 valence electrons. The molecule has 0 unspecified atom stereocenters. The highest BCUT2D eigenvalue weighted by Gasteiger charge is 2.21. The van der Waals surface area contributed by atoms with Gasteiger partial charge >= 0.3 is 0 Å². The first kappa shape index (κ1) is 14.2. The van der Waals surface area contributed by atoms with Gasteiger partial charge in [0.2, 0.25) is 0 Å². The molecule has 0 saturated heterocycles. The third kappa shape index (κ3) is 3.32. The van der Waals surface area contributed by atoms with Crippen LogP contribution < -0.4 is 16.0 Å². The Balaban J connectivity index is 3.10. The lowest BCUT2D eigenvalue weighted by Gasteiger charge is -2.08. The zero-order valence-corrected chi connectivity index (χ0v) is 10.2. The van der Waals surface area contributed by atoms with Gasteiger partial charge < -0.3 is 5.73 Å². The van der Waals surface area contributed by atoms with E-state index in [4.69, 9.17) is 5.73 Å². The molecule has 0 atom stereocenters. The second kappa shape index (κ2) is 5.20. The average molecular weight is 294 g/mol. The maximum absolute atomic E-state index is 13.4. The average Bonchev–Trinajstić information content (AvgIpc) is 2.26. The van der Waals surface area contributed by atoms with E-state index < -0.39 is 31.3 Å². The van der Waals surface area contributed by atoms with Crippen molar-refractivity contribution in [3.05, 3.63) is 34.1 Å². The molecule has 8 nitrogen and oxygen atoms in total. The summed E-state index contributed by atoms with van der Waals surface area (Å²) in [4.78, 5) is 10.5. The van der Waals surface area contributed by atoms with Crippen LogP contribution in [0, 0.1) is 15.9 Å². The number of hydrogen-bond donors (Lipinski definition) is 3. The van der Waals surface area contributed by atoms with Gasteiger partial charge in [-0.15, -0.1) is 4.83 Å². The Bertz CT molecular complexity index is 603. The van der Waals surface area contributed by atoms with Crippen molar-refractivity contribution >= 4 is 33.0 Å². The molecule has 1 aromatic rings. The minimum absolute atomic E-state index is 0.360. The summed E-state index contributed by atoms with van der Waals surface area (Å²) in [7, 11) is -4.25. The van der Waals surface area contributed by atoms with E-state index in [-0.39, 0.29) is 5.11 Å². The van der Waals surface area contributed by atoms with Gasteiger partial charge in [-0.1, -0.05) is 0 Å². The molecule has 0 aromatic heterocycles. The van der Waals surface area contributed by atoms with E-state index in [1.807, 2.05) is 5.43 Å². The minimum atomic E-state index is -4.25. The number of nitrogens with one attached hydrogen (secondary N) is 2.